The zero-order valence-corrected chi connectivity index (χ0v) is 7.82. The van der Waals surface area contributed by atoms with Crippen LogP contribution in [-0.4, -0.2) is 27.4 Å². The summed E-state index contributed by atoms with van der Waals surface area (Å²) in [5.74, 6) is 0. The first-order valence-electron chi connectivity index (χ1n) is 3.90. The highest BCUT2D eigenvalue weighted by Crippen LogP contribution is 2.22. The number of thiazole rings is 1. The molecule has 0 aliphatic carbocycles. The maximum Gasteiger partial charge on any atom is 0.182 e. The van der Waals surface area contributed by atoms with Crippen LogP contribution in [0.4, 0.5) is 5.13 Å². The zero-order chi connectivity index (χ0) is 9.71. The zero-order valence-electron chi connectivity index (χ0n) is 7.01. The molecule has 14 heavy (non-hydrogen) atoms. The topological polar surface area (TPSA) is 69.1 Å². The summed E-state index contributed by atoms with van der Waals surface area (Å²) in [6, 6.07) is 1.76. The molecule has 0 saturated carbocycles. The number of pyridine rings is 1. The van der Waals surface area contributed by atoms with Gasteiger partial charge in [-0.1, -0.05) is 16.8 Å². The summed E-state index contributed by atoms with van der Waals surface area (Å²) in [6.07, 6.45) is 1.46. The molecule has 0 aromatic carbocycles. The van der Waals surface area contributed by atoms with Gasteiger partial charge in [-0.05, 0) is 6.07 Å². The van der Waals surface area contributed by atoms with Gasteiger partial charge in [0, 0.05) is 0 Å². The second kappa shape index (κ2) is 2.45. The minimum Gasteiger partial charge on any atom is -0.375 e. The van der Waals surface area contributed by atoms with E-state index in [1.807, 2.05) is 0 Å². The molecule has 0 amide bonds. The van der Waals surface area contributed by atoms with Gasteiger partial charge in [0.05, 0.1) is 0 Å². The fourth-order valence-electron chi connectivity index (χ4n) is 1.39. The monoisotopic (exact) mass is 201 g/mol. The van der Waals surface area contributed by atoms with Crippen LogP contribution in [0.5, 0.6) is 0 Å². The Morgan fingerprint density at radius 2 is 2.36 bits per heavy atom. The summed E-state index contributed by atoms with van der Waals surface area (Å²) in [5.41, 5.74) is 7.55. The number of aromatic nitrogens is 4. The quantitative estimate of drug-likeness (QED) is 0.507. The molecule has 0 bridgehead atoms. The molecule has 7 heteroatoms. The molecule has 2 radical (unpaired) electrons. The molecule has 0 saturated heterocycles. The van der Waals surface area contributed by atoms with Crippen molar-refractivity contribution in [1.29, 1.82) is 0 Å². The first kappa shape index (κ1) is 7.75. The van der Waals surface area contributed by atoms with E-state index in [2.05, 4.69) is 15.1 Å². The maximum absolute atomic E-state index is 5.78. The van der Waals surface area contributed by atoms with E-state index < -0.39 is 0 Å². The van der Waals surface area contributed by atoms with E-state index in [9.17, 15) is 0 Å². The molecule has 0 fully saturated rings. The van der Waals surface area contributed by atoms with Crippen LogP contribution in [0.3, 0.4) is 0 Å². The van der Waals surface area contributed by atoms with Gasteiger partial charge in [-0.3, -0.25) is 0 Å². The Labute approximate surface area is 84.0 Å². The maximum atomic E-state index is 5.78. The van der Waals surface area contributed by atoms with Crippen LogP contribution in [0.25, 0.3) is 16.0 Å². The van der Waals surface area contributed by atoms with Crippen molar-refractivity contribution < 1.29 is 0 Å². The van der Waals surface area contributed by atoms with Crippen LogP contribution in [0.15, 0.2) is 12.4 Å². The fraction of sp³-hybridized carbons (Fsp3) is 0. The summed E-state index contributed by atoms with van der Waals surface area (Å²) in [7, 11) is 5.78. The Bertz CT molecular complexity index is 627. The molecule has 0 aliphatic rings. The van der Waals surface area contributed by atoms with Gasteiger partial charge in [-0.25, -0.2) is 14.5 Å². The number of fused-ring (bicyclic) bond motifs is 3. The number of hydrogen-bond acceptors (Lipinski definition) is 5. The molecular weight excluding hydrogens is 197 g/mol. The highest BCUT2D eigenvalue weighted by Gasteiger charge is 2.08. The average Bonchev–Trinajstić information content (AvgIpc) is 2.69. The second-order valence-electron chi connectivity index (χ2n) is 2.84. The van der Waals surface area contributed by atoms with Crippen molar-refractivity contribution in [2.45, 2.75) is 0 Å². The van der Waals surface area contributed by atoms with Crippen molar-refractivity contribution in [3.8, 4) is 0 Å². The molecule has 0 atom stereocenters. The van der Waals surface area contributed by atoms with E-state index in [0.29, 0.717) is 16.2 Å². The molecule has 66 valence electrons. The van der Waals surface area contributed by atoms with Crippen LogP contribution in [0.2, 0.25) is 0 Å². The smallest absolute Gasteiger partial charge is 0.182 e. The molecule has 0 spiro atoms. The third kappa shape index (κ3) is 0.870. The third-order valence-corrected chi connectivity index (χ3v) is 2.82. The molecule has 2 N–H and O–H groups in total. The third-order valence-electron chi connectivity index (χ3n) is 1.94. The van der Waals surface area contributed by atoms with Gasteiger partial charge in [0.1, 0.15) is 30.2 Å². The second-order valence-corrected chi connectivity index (χ2v) is 3.85. The summed E-state index contributed by atoms with van der Waals surface area (Å²) in [5, 5.41) is 4.56. The lowest BCUT2D eigenvalue weighted by molar-refractivity contribution is 1.01. The SMILES string of the molecule is [B]c1cc2nc(N)sc2n2ncnc12. The van der Waals surface area contributed by atoms with E-state index in [4.69, 9.17) is 13.6 Å². The Hall–Kier alpha value is -1.63. The van der Waals surface area contributed by atoms with E-state index in [0.717, 1.165) is 10.3 Å². The van der Waals surface area contributed by atoms with Crippen LogP contribution in [0.1, 0.15) is 0 Å². The number of rotatable bonds is 0. The Morgan fingerprint density at radius 3 is 3.21 bits per heavy atom. The Morgan fingerprint density at radius 1 is 1.50 bits per heavy atom. The van der Waals surface area contributed by atoms with E-state index >= 15 is 0 Å². The molecular formula is C7H4BN5S. The highest BCUT2D eigenvalue weighted by atomic mass is 32.1. The lowest BCUT2D eigenvalue weighted by atomic mass is 9.98. The molecule has 0 aliphatic heterocycles. The highest BCUT2D eigenvalue weighted by molar-refractivity contribution is 7.21. The van der Waals surface area contributed by atoms with Crippen molar-refractivity contribution in [2.75, 3.05) is 5.73 Å². The van der Waals surface area contributed by atoms with Gasteiger partial charge in [0.15, 0.2) is 5.13 Å². The Kier molecular flexibility index (Phi) is 1.35. The fourth-order valence-corrected chi connectivity index (χ4v) is 2.16. The Balaban J connectivity index is 2.64. The molecule has 3 aromatic rings. The molecule has 0 unspecified atom stereocenters. The van der Waals surface area contributed by atoms with E-state index in [1.54, 1.807) is 10.6 Å². The van der Waals surface area contributed by atoms with Gasteiger partial charge in [-0.2, -0.15) is 5.10 Å². The first-order valence-corrected chi connectivity index (χ1v) is 4.71. The van der Waals surface area contributed by atoms with Crippen molar-refractivity contribution in [3.63, 3.8) is 0 Å². The minimum atomic E-state index is 0.502. The number of hydrogen-bond donors (Lipinski definition) is 1. The molecule has 3 rings (SSSR count). The number of nitrogen functional groups attached to an aromatic ring is 1. The van der Waals surface area contributed by atoms with Crippen molar-refractivity contribution in [2.24, 2.45) is 0 Å². The van der Waals surface area contributed by atoms with Crippen molar-refractivity contribution in [3.05, 3.63) is 12.4 Å². The lowest BCUT2D eigenvalue weighted by Gasteiger charge is -1.96. The van der Waals surface area contributed by atoms with Crippen LogP contribution in [0, 0.1) is 0 Å². The standard InChI is InChI=1S/C7H4BN5S/c8-3-1-4-6(14-7(9)12-4)13-5(3)10-2-11-13/h1-2H,(H2,9,12). The number of anilines is 1. The normalized spacial score (nSPS) is 11.4. The summed E-state index contributed by atoms with van der Waals surface area (Å²) in [4.78, 5) is 9.04. The van der Waals surface area contributed by atoms with Crippen molar-refractivity contribution >= 4 is 45.8 Å². The van der Waals surface area contributed by atoms with Gasteiger partial charge >= 0.3 is 0 Å². The summed E-state index contributed by atoms with van der Waals surface area (Å²) >= 11 is 1.37. The van der Waals surface area contributed by atoms with E-state index in [-0.39, 0.29) is 0 Å². The van der Waals surface area contributed by atoms with Crippen LogP contribution < -0.4 is 11.2 Å². The lowest BCUT2D eigenvalue weighted by Crippen LogP contribution is -2.08. The van der Waals surface area contributed by atoms with Gasteiger partial charge in [-0.15, -0.1) is 0 Å². The summed E-state index contributed by atoms with van der Waals surface area (Å²) < 4.78 is 1.65. The number of nitrogens with zero attached hydrogens (tertiary/aromatic N) is 4. The minimum absolute atomic E-state index is 0.502. The van der Waals surface area contributed by atoms with E-state index in [1.165, 1.54) is 17.7 Å². The van der Waals surface area contributed by atoms with Gasteiger partial charge < -0.3 is 5.73 Å². The van der Waals surface area contributed by atoms with Gasteiger partial charge in [0.2, 0.25) is 0 Å². The van der Waals surface area contributed by atoms with Crippen LogP contribution >= 0.6 is 11.3 Å². The number of nitrogens with two attached hydrogens (primary N) is 1. The van der Waals surface area contributed by atoms with Crippen LogP contribution in [-0.2, 0) is 0 Å². The van der Waals surface area contributed by atoms with Gasteiger partial charge in [0.25, 0.3) is 0 Å². The predicted octanol–water partition coefficient (Wildman–Crippen LogP) is -0.285. The average molecular weight is 201 g/mol. The predicted molar refractivity (Wildman–Crippen MR) is 56.0 cm³/mol. The molecule has 3 heterocycles. The van der Waals surface area contributed by atoms with Crippen molar-refractivity contribution in [1.82, 2.24) is 19.6 Å². The largest absolute Gasteiger partial charge is 0.375 e. The summed E-state index contributed by atoms with van der Waals surface area (Å²) in [6.45, 7) is 0. The molecule has 5 nitrogen and oxygen atoms in total. The molecule has 3 aromatic heterocycles. The first-order chi connectivity index (χ1) is 6.75.